The maximum Gasteiger partial charge on any atom is 0.0197 e. The van der Waals surface area contributed by atoms with Crippen molar-refractivity contribution in [2.75, 3.05) is 33.7 Å². The van der Waals surface area contributed by atoms with Crippen molar-refractivity contribution in [2.45, 2.75) is 52.1 Å². The topological polar surface area (TPSA) is 32.5 Å². The molecule has 1 fully saturated rings. The molecule has 0 aromatic carbocycles. The number of likely N-dealkylation sites (N-methyl/N-ethyl adjacent to an activating group) is 2. The molecule has 0 bridgehead atoms. The van der Waals surface area contributed by atoms with Crippen LogP contribution in [0.5, 0.6) is 0 Å². The third kappa shape index (κ3) is 4.22. The molecule has 0 saturated heterocycles. The molecule has 1 rings (SSSR count). The lowest BCUT2D eigenvalue weighted by atomic mass is 9.78. The number of nitrogens with zero attached hydrogens (tertiary/aromatic N) is 2. The van der Waals surface area contributed by atoms with Crippen LogP contribution in [0, 0.1) is 11.8 Å². The Morgan fingerprint density at radius 2 is 1.94 bits per heavy atom. The quantitative estimate of drug-likeness (QED) is 0.788. The van der Waals surface area contributed by atoms with Gasteiger partial charge in [-0.25, -0.2) is 0 Å². The SMILES string of the molecule is CCN(C(C)CN(C)C)C1CC(C)CCC1CN. The van der Waals surface area contributed by atoms with E-state index in [4.69, 9.17) is 5.73 Å². The van der Waals surface area contributed by atoms with Crippen molar-refractivity contribution in [3.8, 4) is 0 Å². The van der Waals surface area contributed by atoms with E-state index in [-0.39, 0.29) is 0 Å². The standard InChI is InChI=1S/C15H33N3/c1-6-18(13(3)11-17(4)5)15-9-12(2)7-8-14(15)10-16/h12-15H,6-11,16H2,1-5H3. The molecule has 4 atom stereocenters. The molecule has 0 radical (unpaired) electrons. The maximum absolute atomic E-state index is 6.00. The summed E-state index contributed by atoms with van der Waals surface area (Å²) in [4.78, 5) is 4.98. The molecule has 0 aromatic heterocycles. The number of nitrogens with two attached hydrogens (primary N) is 1. The van der Waals surface area contributed by atoms with Gasteiger partial charge < -0.3 is 10.6 Å². The Kier molecular flexibility index (Phi) is 6.61. The normalized spacial score (nSPS) is 31.0. The third-order valence-electron chi connectivity index (χ3n) is 4.51. The summed E-state index contributed by atoms with van der Waals surface area (Å²) in [6, 6.07) is 1.31. The van der Waals surface area contributed by atoms with Crippen molar-refractivity contribution in [3.05, 3.63) is 0 Å². The van der Waals surface area contributed by atoms with Crippen LogP contribution in [0.2, 0.25) is 0 Å². The van der Waals surface area contributed by atoms with Crippen molar-refractivity contribution in [1.82, 2.24) is 9.80 Å². The van der Waals surface area contributed by atoms with Gasteiger partial charge >= 0.3 is 0 Å². The van der Waals surface area contributed by atoms with Gasteiger partial charge in [-0.05, 0) is 58.8 Å². The Bertz CT molecular complexity index is 230. The van der Waals surface area contributed by atoms with Gasteiger partial charge in [0.15, 0.2) is 0 Å². The summed E-state index contributed by atoms with van der Waals surface area (Å²) < 4.78 is 0. The molecule has 4 unspecified atom stereocenters. The minimum atomic E-state index is 0.620. The number of rotatable bonds is 6. The van der Waals surface area contributed by atoms with Crippen LogP contribution in [0.1, 0.15) is 40.0 Å². The number of hydrogen-bond acceptors (Lipinski definition) is 3. The number of hydrogen-bond donors (Lipinski definition) is 1. The van der Waals surface area contributed by atoms with E-state index in [1.165, 1.54) is 19.3 Å². The molecule has 0 heterocycles. The smallest absolute Gasteiger partial charge is 0.0197 e. The fourth-order valence-electron chi connectivity index (χ4n) is 3.60. The van der Waals surface area contributed by atoms with Gasteiger partial charge in [-0.3, -0.25) is 4.90 Å². The molecule has 0 amide bonds. The molecule has 2 N–H and O–H groups in total. The van der Waals surface area contributed by atoms with Gasteiger partial charge in [-0.1, -0.05) is 20.3 Å². The van der Waals surface area contributed by atoms with Gasteiger partial charge in [0, 0.05) is 18.6 Å². The van der Waals surface area contributed by atoms with Crippen LogP contribution in [0.15, 0.2) is 0 Å². The summed E-state index contributed by atoms with van der Waals surface area (Å²) in [7, 11) is 4.32. The van der Waals surface area contributed by atoms with Gasteiger partial charge in [-0.15, -0.1) is 0 Å². The Balaban J connectivity index is 2.70. The maximum atomic E-state index is 6.00. The summed E-state index contributed by atoms with van der Waals surface area (Å²) in [5.74, 6) is 1.56. The summed E-state index contributed by atoms with van der Waals surface area (Å²) in [5.41, 5.74) is 6.00. The molecular formula is C15H33N3. The average Bonchev–Trinajstić information content (AvgIpc) is 2.29. The largest absolute Gasteiger partial charge is 0.330 e. The van der Waals surface area contributed by atoms with Crippen molar-refractivity contribution in [2.24, 2.45) is 17.6 Å². The van der Waals surface area contributed by atoms with E-state index in [0.29, 0.717) is 18.0 Å². The first-order valence-corrected chi connectivity index (χ1v) is 7.60. The lowest BCUT2D eigenvalue weighted by Gasteiger charge is -2.44. The molecule has 1 aliphatic carbocycles. The fraction of sp³-hybridized carbons (Fsp3) is 1.00. The minimum Gasteiger partial charge on any atom is -0.330 e. The van der Waals surface area contributed by atoms with Crippen molar-refractivity contribution < 1.29 is 0 Å². The van der Waals surface area contributed by atoms with E-state index in [0.717, 1.165) is 25.6 Å². The zero-order valence-electron chi connectivity index (χ0n) is 13.0. The van der Waals surface area contributed by atoms with Gasteiger partial charge in [0.25, 0.3) is 0 Å². The van der Waals surface area contributed by atoms with E-state index in [1.807, 2.05) is 0 Å². The minimum absolute atomic E-state index is 0.620. The first-order valence-electron chi connectivity index (χ1n) is 7.60. The van der Waals surface area contributed by atoms with Gasteiger partial charge in [0.2, 0.25) is 0 Å². The van der Waals surface area contributed by atoms with Crippen LogP contribution in [0.25, 0.3) is 0 Å². The Labute approximate surface area is 114 Å². The van der Waals surface area contributed by atoms with Crippen LogP contribution < -0.4 is 5.73 Å². The Morgan fingerprint density at radius 3 is 2.44 bits per heavy atom. The van der Waals surface area contributed by atoms with Crippen LogP contribution in [0.3, 0.4) is 0 Å². The predicted molar refractivity (Wildman–Crippen MR) is 79.7 cm³/mol. The zero-order chi connectivity index (χ0) is 13.7. The summed E-state index contributed by atoms with van der Waals surface area (Å²) in [6.07, 6.45) is 4.00. The van der Waals surface area contributed by atoms with E-state index < -0.39 is 0 Å². The van der Waals surface area contributed by atoms with Crippen LogP contribution in [-0.4, -0.2) is 55.6 Å². The van der Waals surface area contributed by atoms with Gasteiger partial charge in [-0.2, -0.15) is 0 Å². The molecule has 1 aliphatic rings. The van der Waals surface area contributed by atoms with Gasteiger partial charge in [0.05, 0.1) is 0 Å². The van der Waals surface area contributed by atoms with E-state index in [2.05, 4.69) is 44.7 Å². The Morgan fingerprint density at radius 1 is 1.28 bits per heavy atom. The highest BCUT2D eigenvalue weighted by Gasteiger charge is 2.33. The second kappa shape index (κ2) is 7.46. The highest BCUT2D eigenvalue weighted by atomic mass is 15.2. The fourth-order valence-corrected chi connectivity index (χ4v) is 3.60. The van der Waals surface area contributed by atoms with Crippen LogP contribution in [-0.2, 0) is 0 Å². The molecule has 18 heavy (non-hydrogen) atoms. The van der Waals surface area contributed by atoms with Crippen LogP contribution >= 0.6 is 0 Å². The molecule has 3 nitrogen and oxygen atoms in total. The first-order chi connectivity index (χ1) is 8.49. The van der Waals surface area contributed by atoms with E-state index in [9.17, 15) is 0 Å². The lowest BCUT2D eigenvalue weighted by molar-refractivity contribution is 0.0506. The monoisotopic (exact) mass is 255 g/mol. The summed E-state index contributed by atoms with van der Waals surface area (Å²) >= 11 is 0. The summed E-state index contributed by atoms with van der Waals surface area (Å²) in [6.45, 7) is 10.2. The highest BCUT2D eigenvalue weighted by Crippen LogP contribution is 2.32. The summed E-state index contributed by atoms with van der Waals surface area (Å²) in [5, 5.41) is 0. The molecular weight excluding hydrogens is 222 g/mol. The van der Waals surface area contributed by atoms with Crippen molar-refractivity contribution >= 4 is 0 Å². The Hall–Kier alpha value is -0.120. The lowest BCUT2D eigenvalue weighted by Crippen LogP contribution is -2.52. The molecule has 108 valence electrons. The van der Waals surface area contributed by atoms with Crippen LogP contribution in [0.4, 0.5) is 0 Å². The predicted octanol–water partition coefficient (Wildman–Crippen LogP) is 2.02. The van der Waals surface area contributed by atoms with E-state index in [1.54, 1.807) is 0 Å². The second-order valence-corrected chi connectivity index (χ2v) is 6.42. The van der Waals surface area contributed by atoms with Gasteiger partial charge in [0.1, 0.15) is 0 Å². The van der Waals surface area contributed by atoms with E-state index >= 15 is 0 Å². The van der Waals surface area contributed by atoms with Crippen molar-refractivity contribution in [1.29, 1.82) is 0 Å². The average molecular weight is 255 g/mol. The molecule has 0 aliphatic heterocycles. The highest BCUT2D eigenvalue weighted by molar-refractivity contribution is 4.88. The molecule has 1 saturated carbocycles. The zero-order valence-corrected chi connectivity index (χ0v) is 13.0. The molecule has 0 aromatic rings. The third-order valence-corrected chi connectivity index (χ3v) is 4.51. The molecule has 0 spiro atoms. The van der Waals surface area contributed by atoms with Crippen molar-refractivity contribution in [3.63, 3.8) is 0 Å². The molecule has 3 heteroatoms. The second-order valence-electron chi connectivity index (χ2n) is 6.42. The first kappa shape index (κ1) is 15.9.